The molecule has 0 amide bonds. The molecule has 3 heteroatoms. The van der Waals surface area contributed by atoms with Crippen LogP contribution in [-0.4, -0.2) is 5.11 Å². The summed E-state index contributed by atoms with van der Waals surface area (Å²) in [6.07, 6.45) is 0.144. The third kappa shape index (κ3) is 1.69. The van der Waals surface area contributed by atoms with Crippen LogP contribution in [0.4, 0.5) is 0 Å². The zero-order valence-corrected chi connectivity index (χ0v) is 7.39. The lowest BCUT2D eigenvalue weighted by Gasteiger charge is -2.03. The van der Waals surface area contributed by atoms with Gasteiger partial charge in [0.25, 0.3) is 0 Å². The van der Waals surface area contributed by atoms with Crippen LogP contribution in [0.3, 0.4) is 0 Å². The van der Waals surface area contributed by atoms with Crippen molar-refractivity contribution in [2.24, 2.45) is 0 Å². The zero-order valence-electron chi connectivity index (χ0n) is 6.63. The number of aromatic hydroxyl groups is 1. The van der Waals surface area contributed by atoms with E-state index in [9.17, 15) is 5.11 Å². The summed E-state index contributed by atoms with van der Waals surface area (Å²) < 4.78 is 0. The van der Waals surface area contributed by atoms with E-state index in [1.54, 1.807) is 12.1 Å². The molecule has 0 heterocycles. The average Bonchev–Trinajstić information content (AvgIpc) is 1.96. The SMILES string of the molecule is Cc1cc(O)c(CC#N)c(Cl)c1. The Labute approximate surface area is 76.0 Å². The molecule has 1 rings (SSSR count). The lowest BCUT2D eigenvalue weighted by molar-refractivity contribution is 0.469. The molecule has 0 aliphatic rings. The minimum absolute atomic E-state index is 0.0987. The second kappa shape index (κ2) is 3.46. The van der Waals surface area contributed by atoms with Gasteiger partial charge in [0.2, 0.25) is 0 Å². The number of hydrogen-bond acceptors (Lipinski definition) is 2. The predicted octanol–water partition coefficient (Wildman–Crippen LogP) is 2.42. The maximum Gasteiger partial charge on any atom is 0.121 e. The van der Waals surface area contributed by atoms with Gasteiger partial charge in [0, 0.05) is 10.6 Å². The summed E-state index contributed by atoms with van der Waals surface area (Å²) in [4.78, 5) is 0. The molecule has 0 aliphatic carbocycles. The van der Waals surface area contributed by atoms with Gasteiger partial charge in [0.1, 0.15) is 5.75 Å². The van der Waals surface area contributed by atoms with Gasteiger partial charge in [-0.15, -0.1) is 0 Å². The van der Waals surface area contributed by atoms with Crippen LogP contribution in [0.25, 0.3) is 0 Å². The van der Waals surface area contributed by atoms with Gasteiger partial charge in [0.05, 0.1) is 12.5 Å². The van der Waals surface area contributed by atoms with Crippen molar-refractivity contribution in [2.45, 2.75) is 13.3 Å². The van der Waals surface area contributed by atoms with E-state index in [0.29, 0.717) is 10.6 Å². The van der Waals surface area contributed by atoms with Crippen LogP contribution in [0.5, 0.6) is 5.75 Å². The maximum absolute atomic E-state index is 9.37. The average molecular weight is 182 g/mol. The minimum atomic E-state index is 0.0987. The number of hydrogen-bond donors (Lipinski definition) is 1. The molecule has 0 spiro atoms. The van der Waals surface area contributed by atoms with Gasteiger partial charge >= 0.3 is 0 Å². The zero-order chi connectivity index (χ0) is 9.14. The molecule has 62 valence electrons. The highest BCUT2D eigenvalue weighted by Crippen LogP contribution is 2.27. The standard InChI is InChI=1S/C9H8ClNO/c1-6-4-8(10)7(2-3-11)9(12)5-6/h4-5,12H,2H2,1H3. The van der Waals surface area contributed by atoms with Crippen LogP contribution < -0.4 is 0 Å². The summed E-state index contributed by atoms with van der Waals surface area (Å²) in [5.41, 5.74) is 1.39. The van der Waals surface area contributed by atoms with Crippen molar-refractivity contribution in [1.29, 1.82) is 5.26 Å². The van der Waals surface area contributed by atoms with Crippen LogP contribution >= 0.6 is 11.6 Å². The molecule has 0 unspecified atom stereocenters. The number of rotatable bonds is 1. The van der Waals surface area contributed by atoms with Crippen molar-refractivity contribution in [3.8, 4) is 11.8 Å². The molecule has 0 aliphatic heterocycles. The highest BCUT2D eigenvalue weighted by molar-refractivity contribution is 6.31. The first-order valence-electron chi connectivity index (χ1n) is 3.50. The Kier molecular flexibility index (Phi) is 2.57. The van der Waals surface area contributed by atoms with Crippen molar-refractivity contribution >= 4 is 11.6 Å². The number of nitriles is 1. The van der Waals surface area contributed by atoms with Crippen molar-refractivity contribution in [3.05, 3.63) is 28.3 Å². The first-order chi connectivity index (χ1) is 5.65. The number of phenolic OH excluding ortho intramolecular Hbond substituents is 1. The summed E-state index contributed by atoms with van der Waals surface area (Å²) in [6, 6.07) is 5.27. The molecule has 0 bridgehead atoms. The van der Waals surface area contributed by atoms with Gasteiger partial charge in [-0.05, 0) is 24.6 Å². The van der Waals surface area contributed by atoms with Gasteiger partial charge in [-0.25, -0.2) is 0 Å². The molecule has 1 N–H and O–H groups in total. The molecule has 0 saturated heterocycles. The normalized spacial score (nSPS) is 9.42. The number of phenols is 1. The first kappa shape index (κ1) is 8.89. The Morgan fingerprint density at radius 1 is 1.58 bits per heavy atom. The lowest BCUT2D eigenvalue weighted by Crippen LogP contribution is -1.86. The summed E-state index contributed by atoms with van der Waals surface area (Å²) in [6.45, 7) is 1.84. The highest BCUT2D eigenvalue weighted by Gasteiger charge is 2.06. The van der Waals surface area contributed by atoms with E-state index in [1.807, 2.05) is 13.0 Å². The monoisotopic (exact) mass is 181 g/mol. The second-order valence-electron chi connectivity index (χ2n) is 2.58. The quantitative estimate of drug-likeness (QED) is 0.723. The predicted molar refractivity (Wildman–Crippen MR) is 47.2 cm³/mol. The molecule has 0 aromatic heterocycles. The fourth-order valence-electron chi connectivity index (χ4n) is 1.01. The van der Waals surface area contributed by atoms with Crippen molar-refractivity contribution < 1.29 is 5.11 Å². The van der Waals surface area contributed by atoms with Crippen LogP contribution in [-0.2, 0) is 6.42 Å². The minimum Gasteiger partial charge on any atom is -0.508 e. The molecule has 0 saturated carbocycles. The van der Waals surface area contributed by atoms with Gasteiger partial charge in [-0.2, -0.15) is 5.26 Å². The molecule has 0 atom stereocenters. The Bertz CT molecular complexity index is 318. The van der Waals surface area contributed by atoms with Crippen molar-refractivity contribution in [3.63, 3.8) is 0 Å². The van der Waals surface area contributed by atoms with E-state index in [-0.39, 0.29) is 12.2 Å². The first-order valence-corrected chi connectivity index (χ1v) is 3.88. The molecule has 12 heavy (non-hydrogen) atoms. The van der Waals surface area contributed by atoms with Gasteiger partial charge < -0.3 is 5.11 Å². The largest absolute Gasteiger partial charge is 0.508 e. The van der Waals surface area contributed by atoms with Crippen LogP contribution in [0, 0.1) is 18.3 Å². The molecule has 1 aromatic carbocycles. The smallest absolute Gasteiger partial charge is 0.121 e. The topological polar surface area (TPSA) is 44.0 Å². The fraction of sp³-hybridized carbons (Fsp3) is 0.222. The van der Waals surface area contributed by atoms with Gasteiger partial charge in [-0.1, -0.05) is 11.6 Å². The summed E-state index contributed by atoms with van der Waals surface area (Å²) in [5.74, 6) is 0.0987. The van der Waals surface area contributed by atoms with E-state index in [0.717, 1.165) is 5.56 Å². The van der Waals surface area contributed by atoms with E-state index in [1.165, 1.54) is 0 Å². The Morgan fingerprint density at radius 2 is 2.25 bits per heavy atom. The highest BCUT2D eigenvalue weighted by atomic mass is 35.5. The third-order valence-electron chi connectivity index (χ3n) is 1.57. The van der Waals surface area contributed by atoms with E-state index >= 15 is 0 Å². The summed E-state index contributed by atoms with van der Waals surface area (Å²) >= 11 is 5.80. The third-order valence-corrected chi connectivity index (χ3v) is 1.91. The fourth-order valence-corrected chi connectivity index (χ4v) is 1.34. The summed E-state index contributed by atoms with van der Waals surface area (Å²) in [7, 11) is 0. The molecule has 0 fully saturated rings. The number of halogens is 1. The van der Waals surface area contributed by atoms with Crippen molar-refractivity contribution in [1.82, 2.24) is 0 Å². The summed E-state index contributed by atoms with van der Waals surface area (Å²) in [5, 5.41) is 18.2. The number of aryl methyl sites for hydroxylation is 1. The molecular weight excluding hydrogens is 174 g/mol. The van der Waals surface area contributed by atoms with Crippen LogP contribution in [0.15, 0.2) is 12.1 Å². The Hall–Kier alpha value is -1.20. The second-order valence-corrected chi connectivity index (χ2v) is 2.99. The van der Waals surface area contributed by atoms with E-state index < -0.39 is 0 Å². The van der Waals surface area contributed by atoms with Crippen LogP contribution in [0.1, 0.15) is 11.1 Å². The lowest BCUT2D eigenvalue weighted by atomic mass is 10.1. The number of benzene rings is 1. The molecule has 2 nitrogen and oxygen atoms in total. The van der Waals surface area contributed by atoms with Gasteiger partial charge in [-0.3, -0.25) is 0 Å². The van der Waals surface area contributed by atoms with Crippen molar-refractivity contribution in [2.75, 3.05) is 0 Å². The number of nitrogens with zero attached hydrogens (tertiary/aromatic N) is 1. The Balaban J connectivity index is 3.21. The van der Waals surface area contributed by atoms with E-state index in [2.05, 4.69) is 0 Å². The Morgan fingerprint density at radius 3 is 2.75 bits per heavy atom. The maximum atomic E-state index is 9.37. The van der Waals surface area contributed by atoms with Gasteiger partial charge in [0.15, 0.2) is 0 Å². The molecule has 0 radical (unpaired) electrons. The van der Waals surface area contributed by atoms with Crippen LogP contribution in [0.2, 0.25) is 5.02 Å². The molecular formula is C9H8ClNO. The van der Waals surface area contributed by atoms with E-state index in [4.69, 9.17) is 16.9 Å². The molecule has 1 aromatic rings.